The van der Waals surface area contributed by atoms with Gasteiger partial charge in [0.05, 0.1) is 11.0 Å². The van der Waals surface area contributed by atoms with E-state index in [9.17, 15) is 0 Å². The van der Waals surface area contributed by atoms with Crippen molar-refractivity contribution in [3.05, 3.63) is 218 Å². The molecule has 0 saturated carbocycles. The summed E-state index contributed by atoms with van der Waals surface area (Å²) in [6.07, 6.45) is 0. The standard InChI is InChI=1S/C63H36N4OS2/c1-2-13-37(14-3-1)61-64-62(41-15-10-16-42(33-41)67-51-22-7-4-17-44(51)45-18-5-8-23-52(45)67)66-63(65-61)48-21-11-24-54-59(48)49-35-40(28-31-53(49)68-54)43-20-12-26-57-60(43)50-34-38(29-32-56(50)69-57)39-27-30-47-46-19-6-9-25-55(46)70-58(47)36-39/h1-36H. The Labute approximate surface area is 408 Å². The highest BCUT2D eigenvalue weighted by Crippen LogP contribution is 2.45. The van der Waals surface area contributed by atoms with Crippen molar-refractivity contribution in [1.29, 1.82) is 0 Å². The fraction of sp³-hybridized carbons (Fsp3) is 0. The van der Waals surface area contributed by atoms with E-state index in [4.69, 9.17) is 19.4 Å². The molecule has 70 heavy (non-hydrogen) atoms. The van der Waals surface area contributed by atoms with Crippen molar-refractivity contribution in [2.45, 2.75) is 0 Å². The van der Waals surface area contributed by atoms with Crippen LogP contribution < -0.4 is 0 Å². The van der Waals surface area contributed by atoms with Gasteiger partial charge in [0.15, 0.2) is 17.5 Å². The number of furan rings is 1. The lowest BCUT2D eigenvalue weighted by molar-refractivity contribution is 0.669. The van der Waals surface area contributed by atoms with Crippen molar-refractivity contribution < 1.29 is 4.42 Å². The van der Waals surface area contributed by atoms with Crippen molar-refractivity contribution in [3.8, 4) is 62.1 Å². The molecule has 0 radical (unpaired) electrons. The van der Waals surface area contributed by atoms with Crippen molar-refractivity contribution >= 4 is 107 Å². The zero-order valence-electron chi connectivity index (χ0n) is 37.3. The van der Waals surface area contributed by atoms with Crippen molar-refractivity contribution in [2.24, 2.45) is 0 Å². The van der Waals surface area contributed by atoms with Gasteiger partial charge in [0.25, 0.3) is 0 Å². The van der Waals surface area contributed by atoms with Crippen LogP contribution in [0.15, 0.2) is 223 Å². The molecule has 0 aliphatic heterocycles. The molecule has 5 nitrogen and oxygen atoms in total. The molecular weight excluding hydrogens is 893 g/mol. The van der Waals surface area contributed by atoms with E-state index in [1.54, 1.807) is 0 Å². The van der Waals surface area contributed by atoms with Gasteiger partial charge in [0.1, 0.15) is 11.2 Å². The molecule has 0 amide bonds. The predicted octanol–water partition coefficient (Wildman–Crippen LogP) is 17.9. The maximum atomic E-state index is 6.65. The van der Waals surface area contributed by atoms with E-state index >= 15 is 0 Å². The number of hydrogen-bond acceptors (Lipinski definition) is 6. The van der Waals surface area contributed by atoms with Crippen LogP contribution in [0.2, 0.25) is 0 Å². The Morgan fingerprint density at radius 1 is 0.314 bits per heavy atom. The van der Waals surface area contributed by atoms with Crippen LogP contribution in [0.25, 0.3) is 146 Å². The molecule has 326 valence electrons. The van der Waals surface area contributed by atoms with Crippen LogP contribution in [0.1, 0.15) is 0 Å². The second kappa shape index (κ2) is 15.4. The molecular formula is C63H36N4OS2. The smallest absolute Gasteiger partial charge is 0.164 e. The molecule has 0 atom stereocenters. The Kier molecular flexibility index (Phi) is 8.63. The summed E-state index contributed by atoms with van der Waals surface area (Å²) in [5.74, 6) is 1.78. The van der Waals surface area contributed by atoms with Gasteiger partial charge in [-0.15, -0.1) is 22.7 Å². The molecule has 0 N–H and O–H groups in total. The van der Waals surface area contributed by atoms with E-state index in [-0.39, 0.29) is 0 Å². The van der Waals surface area contributed by atoms with Crippen molar-refractivity contribution in [1.82, 2.24) is 19.5 Å². The first kappa shape index (κ1) is 39.3. The molecule has 0 aliphatic carbocycles. The number of fused-ring (bicyclic) bond motifs is 12. The van der Waals surface area contributed by atoms with Crippen LogP contribution in [-0.2, 0) is 0 Å². The second-order valence-corrected chi connectivity index (χ2v) is 20.1. The van der Waals surface area contributed by atoms with Gasteiger partial charge in [-0.2, -0.15) is 0 Å². The molecule has 15 rings (SSSR count). The quantitative estimate of drug-likeness (QED) is 0.167. The van der Waals surface area contributed by atoms with Gasteiger partial charge in [0.2, 0.25) is 0 Å². The average molecular weight is 929 g/mol. The van der Waals surface area contributed by atoms with Crippen molar-refractivity contribution in [3.63, 3.8) is 0 Å². The Hall–Kier alpha value is -8.75. The Balaban J connectivity index is 0.882. The van der Waals surface area contributed by atoms with Gasteiger partial charge in [-0.05, 0) is 95.1 Å². The highest BCUT2D eigenvalue weighted by atomic mass is 32.1. The van der Waals surface area contributed by atoms with Crippen LogP contribution in [-0.4, -0.2) is 19.5 Å². The molecule has 7 heteroatoms. The molecule has 0 unspecified atom stereocenters. The van der Waals surface area contributed by atoms with Crippen LogP contribution in [0.3, 0.4) is 0 Å². The van der Waals surface area contributed by atoms with Crippen molar-refractivity contribution in [2.75, 3.05) is 0 Å². The topological polar surface area (TPSA) is 56.7 Å². The molecule has 5 heterocycles. The maximum Gasteiger partial charge on any atom is 0.164 e. The van der Waals surface area contributed by atoms with Crippen LogP contribution in [0, 0.1) is 0 Å². The minimum absolute atomic E-state index is 0.581. The van der Waals surface area contributed by atoms with Gasteiger partial charge >= 0.3 is 0 Å². The minimum atomic E-state index is 0.581. The van der Waals surface area contributed by atoms with Gasteiger partial charge in [-0.1, -0.05) is 146 Å². The third-order valence-electron chi connectivity index (χ3n) is 13.9. The first-order chi connectivity index (χ1) is 34.7. The first-order valence-corrected chi connectivity index (χ1v) is 25.0. The summed E-state index contributed by atoms with van der Waals surface area (Å²) in [5, 5.41) is 9.56. The SMILES string of the molecule is c1ccc(-c2nc(-c3cccc(-n4c5ccccc5c5ccccc54)c3)nc(-c3cccc4oc5ccc(-c6cccc7sc8ccc(-c9ccc%10c(c9)sc9ccccc9%10)cc8c67)cc5c34)n2)cc1. The predicted molar refractivity (Wildman–Crippen MR) is 294 cm³/mol. The molecule has 0 saturated heterocycles. The maximum absolute atomic E-state index is 6.65. The second-order valence-electron chi connectivity index (χ2n) is 17.9. The normalized spacial score (nSPS) is 12.0. The first-order valence-electron chi connectivity index (χ1n) is 23.4. The molecule has 0 fully saturated rings. The number of benzene rings is 10. The van der Waals surface area contributed by atoms with Gasteiger partial charge in [-0.3, -0.25) is 0 Å². The summed E-state index contributed by atoms with van der Waals surface area (Å²) in [7, 11) is 0. The molecule has 0 bridgehead atoms. The summed E-state index contributed by atoms with van der Waals surface area (Å²) in [6, 6.07) is 77.9. The third-order valence-corrected chi connectivity index (χ3v) is 16.1. The van der Waals surface area contributed by atoms with Crippen LogP contribution in [0.4, 0.5) is 0 Å². The summed E-state index contributed by atoms with van der Waals surface area (Å²) >= 11 is 3.71. The number of thiophene rings is 2. The molecule has 0 spiro atoms. The third kappa shape index (κ3) is 6.12. The highest BCUT2D eigenvalue weighted by Gasteiger charge is 2.21. The van der Waals surface area contributed by atoms with Gasteiger partial charge in [0, 0.05) is 84.3 Å². The number of para-hydroxylation sites is 2. The monoisotopic (exact) mass is 928 g/mol. The van der Waals surface area contributed by atoms with E-state index in [0.717, 1.165) is 60.9 Å². The Morgan fingerprint density at radius 2 is 0.914 bits per heavy atom. The largest absolute Gasteiger partial charge is 0.456 e. The molecule has 15 aromatic rings. The zero-order valence-corrected chi connectivity index (χ0v) is 38.9. The minimum Gasteiger partial charge on any atom is -0.456 e. The summed E-state index contributed by atoms with van der Waals surface area (Å²) < 4.78 is 14.1. The fourth-order valence-electron chi connectivity index (χ4n) is 10.7. The number of aromatic nitrogens is 4. The van der Waals surface area contributed by atoms with E-state index in [2.05, 4.69) is 193 Å². The lowest BCUT2D eigenvalue weighted by atomic mass is 9.95. The number of rotatable bonds is 6. The zero-order chi connectivity index (χ0) is 45.9. The van der Waals surface area contributed by atoms with Gasteiger partial charge < -0.3 is 8.98 Å². The Morgan fingerprint density at radius 3 is 1.77 bits per heavy atom. The summed E-state index contributed by atoms with van der Waals surface area (Å²) in [5.41, 5.74) is 12.4. The summed E-state index contributed by atoms with van der Waals surface area (Å²) in [4.78, 5) is 15.7. The van der Waals surface area contributed by atoms with Crippen LogP contribution in [0.5, 0.6) is 0 Å². The summed E-state index contributed by atoms with van der Waals surface area (Å²) in [6.45, 7) is 0. The average Bonchev–Trinajstić information content (AvgIpc) is 4.19. The molecule has 10 aromatic carbocycles. The van der Waals surface area contributed by atoms with E-state index in [1.165, 1.54) is 67.8 Å². The van der Waals surface area contributed by atoms with Gasteiger partial charge in [-0.25, -0.2) is 15.0 Å². The number of hydrogen-bond donors (Lipinski definition) is 0. The number of nitrogens with zero attached hydrogens (tertiary/aromatic N) is 4. The lowest BCUT2D eigenvalue weighted by Gasteiger charge is -2.12. The Bertz CT molecular complexity index is 4560. The highest BCUT2D eigenvalue weighted by molar-refractivity contribution is 7.26. The van der Waals surface area contributed by atoms with E-state index in [1.807, 2.05) is 53.0 Å². The van der Waals surface area contributed by atoms with E-state index in [0.29, 0.717) is 17.5 Å². The fourth-order valence-corrected chi connectivity index (χ4v) is 12.9. The molecule has 0 aliphatic rings. The van der Waals surface area contributed by atoms with Crippen LogP contribution >= 0.6 is 22.7 Å². The van der Waals surface area contributed by atoms with E-state index < -0.39 is 0 Å². The molecule has 5 aromatic heterocycles. The lowest BCUT2D eigenvalue weighted by Crippen LogP contribution is -2.01.